The first-order valence-electron chi connectivity index (χ1n) is 7.95. The van der Waals surface area contributed by atoms with E-state index >= 15 is 0 Å². The molecule has 1 saturated heterocycles. The van der Waals surface area contributed by atoms with Gasteiger partial charge in [-0.05, 0) is 31.2 Å². The summed E-state index contributed by atoms with van der Waals surface area (Å²) in [5, 5.41) is 3.11. The summed E-state index contributed by atoms with van der Waals surface area (Å²) < 4.78 is 10.5. The van der Waals surface area contributed by atoms with Crippen molar-refractivity contribution < 1.29 is 19.1 Å². The molecule has 1 heterocycles. The molecule has 1 aliphatic heterocycles. The van der Waals surface area contributed by atoms with Gasteiger partial charge in [-0.2, -0.15) is 0 Å². The Kier molecular flexibility index (Phi) is 4.61. The fraction of sp³-hybridized carbons (Fsp3) is 0.263. The van der Waals surface area contributed by atoms with Gasteiger partial charge in [0.2, 0.25) is 5.91 Å². The molecule has 0 saturated carbocycles. The predicted molar refractivity (Wildman–Crippen MR) is 95.2 cm³/mol. The number of carbonyl (C=O) groups excluding carboxylic acids is 2. The maximum Gasteiger partial charge on any atom is 0.256 e. The lowest BCUT2D eigenvalue weighted by molar-refractivity contribution is -0.121. The van der Waals surface area contributed by atoms with Gasteiger partial charge in [0.25, 0.3) is 5.91 Å². The number of benzene rings is 2. The largest absolute Gasteiger partial charge is 0.497 e. The minimum absolute atomic E-state index is 0.0991. The molecule has 6 nitrogen and oxygen atoms in total. The molecule has 1 N–H and O–H groups in total. The summed E-state index contributed by atoms with van der Waals surface area (Å²) in [7, 11) is 3.11. The quantitative estimate of drug-likeness (QED) is 0.848. The van der Waals surface area contributed by atoms with Gasteiger partial charge in [0.1, 0.15) is 17.5 Å². The average Bonchev–Trinajstić information content (AvgIpc) is 2.90. The van der Waals surface area contributed by atoms with Crippen LogP contribution in [0.2, 0.25) is 0 Å². The molecule has 25 heavy (non-hydrogen) atoms. The topological polar surface area (TPSA) is 67.9 Å². The summed E-state index contributed by atoms with van der Waals surface area (Å²) >= 11 is 0. The summed E-state index contributed by atoms with van der Waals surface area (Å²) in [6.07, 6.45) is 0.0991. The van der Waals surface area contributed by atoms with Crippen LogP contribution in [0, 0.1) is 6.92 Å². The van der Waals surface area contributed by atoms with Crippen LogP contribution in [-0.4, -0.2) is 32.1 Å². The van der Waals surface area contributed by atoms with Crippen LogP contribution >= 0.6 is 0 Å². The summed E-state index contributed by atoms with van der Waals surface area (Å²) in [4.78, 5) is 26.3. The Morgan fingerprint density at radius 3 is 2.40 bits per heavy atom. The van der Waals surface area contributed by atoms with Gasteiger partial charge in [-0.1, -0.05) is 17.7 Å². The van der Waals surface area contributed by atoms with E-state index in [2.05, 4.69) is 5.32 Å². The Labute approximate surface area is 146 Å². The van der Waals surface area contributed by atoms with E-state index in [1.807, 2.05) is 19.1 Å². The SMILES string of the molecule is COc1ccc(N[C@@H]2CC(=O)N(c3ccc(C)cc3)C2=O)c(OC)c1. The monoisotopic (exact) mass is 340 g/mol. The first kappa shape index (κ1) is 16.8. The molecule has 2 aromatic rings. The van der Waals surface area contributed by atoms with Crippen molar-refractivity contribution >= 4 is 23.2 Å². The lowest BCUT2D eigenvalue weighted by Gasteiger charge is -2.18. The number of ether oxygens (including phenoxy) is 2. The van der Waals surface area contributed by atoms with Gasteiger partial charge in [-0.3, -0.25) is 9.59 Å². The van der Waals surface area contributed by atoms with Crippen molar-refractivity contribution in [2.45, 2.75) is 19.4 Å². The first-order valence-corrected chi connectivity index (χ1v) is 7.95. The molecular weight excluding hydrogens is 320 g/mol. The van der Waals surface area contributed by atoms with Crippen molar-refractivity contribution in [2.24, 2.45) is 0 Å². The van der Waals surface area contributed by atoms with Gasteiger partial charge < -0.3 is 14.8 Å². The van der Waals surface area contributed by atoms with Gasteiger partial charge in [0, 0.05) is 6.07 Å². The second-order valence-electron chi connectivity index (χ2n) is 5.87. The van der Waals surface area contributed by atoms with Gasteiger partial charge in [-0.15, -0.1) is 0 Å². The number of carbonyl (C=O) groups is 2. The molecule has 0 unspecified atom stereocenters. The van der Waals surface area contributed by atoms with Crippen LogP contribution in [0.15, 0.2) is 42.5 Å². The third-order valence-electron chi connectivity index (χ3n) is 4.18. The van der Waals surface area contributed by atoms with Crippen LogP contribution < -0.4 is 19.7 Å². The third kappa shape index (κ3) is 3.28. The molecule has 2 aromatic carbocycles. The number of hydrogen-bond acceptors (Lipinski definition) is 5. The zero-order valence-electron chi connectivity index (χ0n) is 14.4. The first-order chi connectivity index (χ1) is 12.0. The van der Waals surface area contributed by atoms with Crippen LogP contribution in [0.25, 0.3) is 0 Å². The zero-order valence-corrected chi connectivity index (χ0v) is 14.4. The number of rotatable bonds is 5. The highest BCUT2D eigenvalue weighted by atomic mass is 16.5. The number of methoxy groups -OCH3 is 2. The van der Waals surface area contributed by atoms with Crippen molar-refractivity contribution in [1.29, 1.82) is 0 Å². The maximum atomic E-state index is 12.7. The molecule has 1 aliphatic rings. The number of anilines is 2. The molecular formula is C19H20N2O4. The molecule has 0 spiro atoms. The molecule has 130 valence electrons. The van der Waals surface area contributed by atoms with Crippen molar-refractivity contribution in [2.75, 3.05) is 24.4 Å². The highest BCUT2D eigenvalue weighted by Crippen LogP contribution is 2.32. The number of imide groups is 1. The summed E-state index contributed by atoms with van der Waals surface area (Å²) in [5.74, 6) is 0.705. The Morgan fingerprint density at radius 1 is 1.04 bits per heavy atom. The zero-order chi connectivity index (χ0) is 18.0. The minimum atomic E-state index is -0.629. The number of nitrogens with one attached hydrogen (secondary N) is 1. The standard InChI is InChI=1S/C19H20N2O4/c1-12-4-6-13(7-5-12)21-18(22)11-16(19(21)23)20-15-9-8-14(24-2)10-17(15)25-3/h4-10,16,20H,11H2,1-3H3/t16-/m1/s1. The molecule has 0 radical (unpaired) electrons. The van der Waals surface area contributed by atoms with E-state index in [0.29, 0.717) is 22.9 Å². The second-order valence-corrected chi connectivity index (χ2v) is 5.87. The number of amides is 2. The van der Waals surface area contributed by atoms with Crippen LogP contribution in [-0.2, 0) is 9.59 Å². The Balaban J connectivity index is 1.82. The maximum absolute atomic E-state index is 12.7. The number of nitrogens with zero attached hydrogens (tertiary/aromatic N) is 1. The predicted octanol–water partition coefficient (Wildman–Crippen LogP) is 2.76. The highest BCUT2D eigenvalue weighted by molar-refractivity contribution is 6.23. The van der Waals surface area contributed by atoms with Crippen LogP contribution in [0.3, 0.4) is 0 Å². The second kappa shape index (κ2) is 6.84. The molecule has 0 aromatic heterocycles. The van der Waals surface area contributed by atoms with E-state index in [1.54, 1.807) is 44.6 Å². The van der Waals surface area contributed by atoms with Gasteiger partial charge >= 0.3 is 0 Å². The summed E-state index contributed by atoms with van der Waals surface area (Å²) in [6, 6.07) is 11.9. The van der Waals surface area contributed by atoms with Crippen molar-refractivity contribution in [3.8, 4) is 11.5 Å². The third-order valence-corrected chi connectivity index (χ3v) is 4.18. The molecule has 2 amide bonds. The Hall–Kier alpha value is -3.02. The fourth-order valence-electron chi connectivity index (χ4n) is 2.82. The smallest absolute Gasteiger partial charge is 0.256 e. The van der Waals surface area contributed by atoms with Gasteiger partial charge in [0.15, 0.2) is 0 Å². The van der Waals surface area contributed by atoms with E-state index in [4.69, 9.17) is 9.47 Å². The molecule has 1 atom stereocenters. The molecule has 1 fully saturated rings. The number of hydrogen-bond donors (Lipinski definition) is 1. The average molecular weight is 340 g/mol. The summed E-state index contributed by atoms with van der Waals surface area (Å²) in [5.41, 5.74) is 2.30. The highest BCUT2D eigenvalue weighted by Gasteiger charge is 2.39. The van der Waals surface area contributed by atoms with Crippen LogP contribution in [0.1, 0.15) is 12.0 Å². The van der Waals surface area contributed by atoms with Crippen molar-refractivity contribution in [1.82, 2.24) is 0 Å². The number of aryl methyl sites for hydroxylation is 1. The lowest BCUT2D eigenvalue weighted by Crippen LogP contribution is -2.34. The van der Waals surface area contributed by atoms with Crippen molar-refractivity contribution in [3.05, 3.63) is 48.0 Å². The van der Waals surface area contributed by atoms with E-state index in [0.717, 1.165) is 5.56 Å². The Bertz CT molecular complexity index is 802. The molecule has 3 rings (SSSR count). The van der Waals surface area contributed by atoms with Crippen LogP contribution in [0.5, 0.6) is 11.5 Å². The minimum Gasteiger partial charge on any atom is -0.497 e. The Morgan fingerprint density at radius 2 is 1.76 bits per heavy atom. The molecule has 0 aliphatic carbocycles. The molecule has 6 heteroatoms. The summed E-state index contributed by atoms with van der Waals surface area (Å²) in [6.45, 7) is 1.96. The van der Waals surface area contributed by atoms with E-state index in [1.165, 1.54) is 4.90 Å². The lowest BCUT2D eigenvalue weighted by atomic mass is 10.2. The molecule has 0 bridgehead atoms. The normalized spacial score (nSPS) is 16.9. The fourth-order valence-corrected chi connectivity index (χ4v) is 2.82. The van der Waals surface area contributed by atoms with E-state index < -0.39 is 6.04 Å². The van der Waals surface area contributed by atoms with E-state index in [-0.39, 0.29) is 18.2 Å². The van der Waals surface area contributed by atoms with E-state index in [9.17, 15) is 9.59 Å². The van der Waals surface area contributed by atoms with Crippen LogP contribution in [0.4, 0.5) is 11.4 Å². The van der Waals surface area contributed by atoms with Crippen molar-refractivity contribution in [3.63, 3.8) is 0 Å². The van der Waals surface area contributed by atoms with Gasteiger partial charge in [-0.25, -0.2) is 4.90 Å². The van der Waals surface area contributed by atoms with Gasteiger partial charge in [0.05, 0.1) is 32.0 Å².